The molecule has 0 amide bonds. The molecule has 2 aliphatic rings. The molecule has 104 valence electrons. The Balaban J connectivity index is 2.01. The standard InChI is InChI=1S/C15H27NO2/c1-4-13(11-7-8-11)16-9-5-6-12(10-16)15(2,3)14(17)18/h11-13H,4-10H2,1-3H3,(H,17,18). The number of carboxylic acids is 1. The molecular weight excluding hydrogens is 226 g/mol. The van der Waals surface area contributed by atoms with Crippen LogP contribution in [0.25, 0.3) is 0 Å². The molecule has 0 bridgehead atoms. The maximum Gasteiger partial charge on any atom is 0.309 e. The summed E-state index contributed by atoms with van der Waals surface area (Å²) >= 11 is 0. The number of likely N-dealkylation sites (tertiary alicyclic amines) is 1. The third-order valence-electron chi connectivity index (χ3n) is 5.08. The van der Waals surface area contributed by atoms with Crippen molar-refractivity contribution in [3.63, 3.8) is 0 Å². The van der Waals surface area contributed by atoms with Gasteiger partial charge in [0.2, 0.25) is 0 Å². The average molecular weight is 253 g/mol. The van der Waals surface area contributed by atoms with E-state index in [0.717, 1.165) is 25.3 Å². The molecule has 18 heavy (non-hydrogen) atoms. The van der Waals surface area contributed by atoms with E-state index in [0.29, 0.717) is 12.0 Å². The predicted molar refractivity (Wildman–Crippen MR) is 72.5 cm³/mol. The number of carboxylic acid groups (broad SMARTS) is 1. The lowest BCUT2D eigenvalue weighted by Gasteiger charge is -2.42. The van der Waals surface area contributed by atoms with Crippen molar-refractivity contribution in [3.05, 3.63) is 0 Å². The Hall–Kier alpha value is -0.570. The van der Waals surface area contributed by atoms with Crippen molar-refractivity contribution in [2.45, 2.75) is 58.9 Å². The summed E-state index contributed by atoms with van der Waals surface area (Å²) in [6, 6.07) is 0.706. The Bertz CT molecular complexity index is 310. The number of hydrogen-bond acceptors (Lipinski definition) is 2. The Kier molecular flexibility index (Phi) is 4.00. The van der Waals surface area contributed by atoms with Crippen LogP contribution >= 0.6 is 0 Å². The topological polar surface area (TPSA) is 40.5 Å². The van der Waals surface area contributed by atoms with Crippen molar-refractivity contribution in [1.29, 1.82) is 0 Å². The van der Waals surface area contributed by atoms with Crippen molar-refractivity contribution < 1.29 is 9.90 Å². The van der Waals surface area contributed by atoms with E-state index in [2.05, 4.69) is 11.8 Å². The van der Waals surface area contributed by atoms with Crippen LogP contribution in [-0.2, 0) is 4.79 Å². The second kappa shape index (κ2) is 5.20. The lowest BCUT2D eigenvalue weighted by Crippen LogP contribution is -2.48. The summed E-state index contributed by atoms with van der Waals surface area (Å²) in [6.45, 7) is 8.20. The molecule has 1 aliphatic carbocycles. The van der Waals surface area contributed by atoms with Gasteiger partial charge < -0.3 is 5.11 Å². The van der Waals surface area contributed by atoms with Crippen molar-refractivity contribution >= 4 is 5.97 Å². The zero-order valence-corrected chi connectivity index (χ0v) is 12.0. The summed E-state index contributed by atoms with van der Waals surface area (Å²) in [5.41, 5.74) is -0.583. The average Bonchev–Trinajstić information content (AvgIpc) is 3.15. The Morgan fingerprint density at radius 3 is 2.56 bits per heavy atom. The van der Waals surface area contributed by atoms with E-state index in [9.17, 15) is 9.90 Å². The zero-order chi connectivity index (χ0) is 13.3. The molecule has 0 aromatic heterocycles. The summed E-state index contributed by atoms with van der Waals surface area (Å²) in [5.74, 6) is 0.548. The van der Waals surface area contributed by atoms with E-state index in [1.165, 1.54) is 25.8 Å². The van der Waals surface area contributed by atoms with E-state index >= 15 is 0 Å². The molecule has 1 saturated heterocycles. The molecule has 0 aromatic carbocycles. The van der Waals surface area contributed by atoms with Crippen LogP contribution in [0.2, 0.25) is 0 Å². The van der Waals surface area contributed by atoms with Crippen LogP contribution in [0.5, 0.6) is 0 Å². The fourth-order valence-electron chi connectivity index (χ4n) is 3.44. The summed E-state index contributed by atoms with van der Waals surface area (Å²) in [5, 5.41) is 9.38. The molecule has 0 aromatic rings. The zero-order valence-electron chi connectivity index (χ0n) is 12.0. The maximum absolute atomic E-state index is 11.4. The molecule has 2 atom stereocenters. The van der Waals surface area contributed by atoms with Gasteiger partial charge in [0.1, 0.15) is 0 Å². The van der Waals surface area contributed by atoms with Gasteiger partial charge in [0.05, 0.1) is 5.41 Å². The minimum Gasteiger partial charge on any atom is -0.481 e. The van der Waals surface area contributed by atoms with E-state index < -0.39 is 11.4 Å². The van der Waals surface area contributed by atoms with E-state index in [4.69, 9.17) is 0 Å². The lowest BCUT2D eigenvalue weighted by molar-refractivity contribution is -0.151. The molecule has 0 radical (unpaired) electrons. The highest BCUT2D eigenvalue weighted by Gasteiger charge is 2.42. The molecule has 0 spiro atoms. The second-order valence-corrected chi connectivity index (χ2v) is 6.67. The fraction of sp³-hybridized carbons (Fsp3) is 0.933. The van der Waals surface area contributed by atoms with Crippen LogP contribution < -0.4 is 0 Å². The van der Waals surface area contributed by atoms with Crippen molar-refractivity contribution in [3.8, 4) is 0 Å². The van der Waals surface area contributed by atoms with Crippen molar-refractivity contribution in [2.24, 2.45) is 17.3 Å². The first kappa shape index (κ1) is 13.9. The molecule has 2 unspecified atom stereocenters. The molecule has 3 nitrogen and oxygen atoms in total. The smallest absolute Gasteiger partial charge is 0.309 e. The van der Waals surface area contributed by atoms with Gasteiger partial charge in [0.15, 0.2) is 0 Å². The number of carbonyl (C=O) groups is 1. The van der Waals surface area contributed by atoms with Crippen LogP contribution in [0.15, 0.2) is 0 Å². The maximum atomic E-state index is 11.4. The van der Waals surface area contributed by atoms with Gasteiger partial charge in [-0.3, -0.25) is 9.69 Å². The van der Waals surface area contributed by atoms with Crippen LogP contribution in [0, 0.1) is 17.3 Å². The molecular formula is C15H27NO2. The molecule has 1 N–H and O–H groups in total. The molecule has 2 fully saturated rings. The SMILES string of the molecule is CCC(C1CC1)N1CCCC(C(C)(C)C(=O)O)C1. The monoisotopic (exact) mass is 253 g/mol. The van der Waals surface area contributed by atoms with Crippen LogP contribution in [0.1, 0.15) is 52.9 Å². The third-order valence-corrected chi connectivity index (χ3v) is 5.08. The number of nitrogens with zero attached hydrogens (tertiary/aromatic N) is 1. The third kappa shape index (κ3) is 2.71. The van der Waals surface area contributed by atoms with E-state index in [1.807, 2.05) is 13.8 Å². The highest BCUT2D eigenvalue weighted by molar-refractivity contribution is 5.74. The molecule has 1 heterocycles. The first-order valence-electron chi connectivity index (χ1n) is 7.44. The minimum absolute atomic E-state index is 0.302. The van der Waals surface area contributed by atoms with E-state index in [1.54, 1.807) is 0 Å². The Labute approximate surface area is 111 Å². The number of rotatable bonds is 5. The highest BCUT2D eigenvalue weighted by Crippen LogP contribution is 2.40. The normalized spacial score (nSPS) is 28.1. The van der Waals surface area contributed by atoms with Crippen LogP contribution in [0.3, 0.4) is 0 Å². The molecule has 2 rings (SSSR count). The number of aliphatic carboxylic acids is 1. The predicted octanol–water partition coefficient (Wildman–Crippen LogP) is 3.00. The molecule has 1 saturated carbocycles. The van der Waals surface area contributed by atoms with Gasteiger partial charge in [-0.2, -0.15) is 0 Å². The van der Waals surface area contributed by atoms with Gasteiger partial charge in [-0.25, -0.2) is 0 Å². The quantitative estimate of drug-likeness (QED) is 0.819. The Morgan fingerprint density at radius 1 is 1.39 bits per heavy atom. The van der Waals surface area contributed by atoms with Crippen molar-refractivity contribution in [1.82, 2.24) is 4.90 Å². The molecule has 3 heteroatoms. The number of hydrogen-bond donors (Lipinski definition) is 1. The van der Waals surface area contributed by atoms with Gasteiger partial charge in [0.25, 0.3) is 0 Å². The van der Waals surface area contributed by atoms with Crippen LogP contribution in [0.4, 0.5) is 0 Å². The summed E-state index contributed by atoms with van der Waals surface area (Å²) < 4.78 is 0. The largest absolute Gasteiger partial charge is 0.481 e. The van der Waals surface area contributed by atoms with Crippen LogP contribution in [-0.4, -0.2) is 35.1 Å². The van der Waals surface area contributed by atoms with Gasteiger partial charge in [-0.15, -0.1) is 0 Å². The summed E-state index contributed by atoms with van der Waals surface area (Å²) in [7, 11) is 0. The summed E-state index contributed by atoms with van der Waals surface area (Å²) in [4.78, 5) is 14.0. The second-order valence-electron chi connectivity index (χ2n) is 6.67. The minimum atomic E-state index is -0.645. The van der Waals surface area contributed by atoms with Gasteiger partial charge in [-0.05, 0) is 64.3 Å². The van der Waals surface area contributed by atoms with Gasteiger partial charge >= 0.3 is 5.97 Å². The van der Waals surface area contributed by atoms with Crippen molar-refractivity contribution in [2.75, 3.05) is 13.1 Å². The first-order chi connectivity index (χ1) is 8.46. The Morgan fingerprint density at radius 2 is 2.06 bits per heavy atom. The van der Waals surface area contributed by atoms with Gasteiger partial charge in [-0.1, -0.05) is 6.92 Å². The lowest BCUT2D eigenvalue weighted by atomic mass is 9.74. The fourth-order valence-corrected chi connectivity index (χ4v) is 3.44. The summed E-state index contributed by atoms with van der Waals surface area (Å²) in [6.07, 6.45) is 6.19. The van der Waals surface area contributed by atoms with E-state index in [-0.39, 0.29) is 0 Å². The number of piperidine rings is 1. The molecule has 1 aliphatic heterocycles. The van der Waals surface area contributed by atoms with Gasteiger partial charge in [0, 0.05) is 12.6 Å². The first-order valence-corrected chi connectivity index (χ1v) is 7.44. The highest BCUT2D eigenvalue weighted by atomic mass is 16.4.